The molecule has 2 heterocycles. The molecule has 0 fully saturated rings. The number of amides is 1. The second-order valence-corrected chi connectivity index (χ2v) is 4.30. The van der Waals surface area contributed by atoms with E-state index in [1.54, 1.807) is 0 Å². The number of furan rings is 1. The molecule has 2 aromatic rings. The summed E-state index contributed by atoms with van der Waals surface area (Å²) in [6, 6.07) is 5.18. The Bertz CT molecular complexity index is 662. The Labute approximate surface area is 117 Å². The molecule has 0 bridgehead atoms. The van der Waals surface area contributed by atoms with Crippen molar-refractivity contribution in [1.29, 1.82) is 0 Å². The van der Waals surface area contributed by atoms with Gasteiger partial charge in [0.25, 0.3) is 5.91 Å². The summed E-state index contributed by atoms with van der Waals surface area (Å²) in [4.78, 5) is 26.2. The molecular formula is C13H11F3N2O3. The highest BCUT2D eigenvalue weighted by Crippen LogP contribution is 2.20. The van der Waals surface area contributed by atoms with E-state index in [-0.39, 0.29) is 17.9 Å². The topological polar surface area (TPSA) is 66.3 Å². The SMILES string of the molecule is O=C(c1cc[nH]c(=O)c1)N(Cc1ccco1)CC(F)(F)F. The molecule has 0 saturated carbocycles. The first-order valence-corrected chi connectivity index (χ1v) is 5.92. The van der Waals surface area contributed by atoms with Gasteiger partial charge in [0.15, 0.2) is 0 Å². The largest absolute Gasteiger partial charge is 0.467 e. The zero-order valence-electron chi connectivity index (χ0n) is 10.7. The molecule has 0 unspecified atom stereocenters. The third-order valence-corrected chi connectivity index (χ3v) is 2.61. The van der Waals surface area contributed by atoms with Crippen LogP contribution in [0, 0.1) is 0 Å². The van der Waals surface area contributed by atoms with E-state index < -0.39 is 24.2 Å². The molecule has 0 spiro atoms. The summed E-state index contributed by atoms with van der Waals surface area (Å²) in [5.74, 6) is -0.674. The third-order valence-electron chi connectivity index (χ3n) is 2.61. The number of H-pyrrole nitrogens is 1. The minimum atomic E-state index is -4.55. The van der Waals surface area contributed by atoms with Gasteiger partial charge in [-0.2, -0.15) is 13.2 Å². The molecule has 1 amide bonds. The molecule has 1 N–H and O–H groups in total. The van der Waals surface area contributed by atoms with Gasteiger partial charge in [0.1, 0.15) is 12.3 Å². The molecule has 0 atom stereocenters. The molecule has 2 rings (SSSR count). The number of aromatic nitrogens is 1. The summed E-state index contributed by atoms with van der Waals surface area (Å²) in [6.45, 7) is -1.77. The van der Waals surface area contributed by atoms with Crippen LogP contribution >= 0.6 is 0 Å². The second-order valence-electron chi connectivity index (χ2n) is 4.30. The van der Waals surface area contributed by atoms with Crippen LogP contribution in [-0.4, -0.2) is 28.5 Å². The Hall–Kier alpha value is -2.51. The molecule has 0 aliphatic carbocycles. The lowest BCUT2D eigenvalue weighted by Crippen LogP contribution is -2.38. The summed E-state index contributed by atoms with van der Waals surface area (Å²) >= 11 is 0. The standard InChI is InChI=1S/C13H11F3N2O3/c14-13(15,16)8-18(7-10-2-1-5-21-10)12(20)9-3-4-17-11(19)6-9/h1-6H,7-8H2,(H,17,19). The van der Waals surface area contributed by atoms with Crippen molar-refractivity contribution in [3.8, 4) is 0 Å². The van der Waals surface area contributed by atoms with Gasteiger partial charge >= 0.3 is 6.18 Å². The van der Waals surface area contributed by atoms with Crippen molar-refractivity contribution in [3.05, 3.63) is 58.4 Å². The van der Waals surface area contributed by atoms with E-state index >= 15 is 0 Å². The first-order chi connectivity index (χ1) is 9.85. The second kappa shape index (κ2) is 5.86. The number of alkyl halides is 3. The Morgan fingerprint density at radius 1 is 1.33 bits per heavy atom. The normalized spacial score (nSPS) is 11.4. The van der Waals surface area contributed by atoms with Crippen molar-refractivity contribution in [2.45, 2.75) is 12.7 Å². The number of carbonyl (C=O) groups excluding carboxylic acids is 1. The van der Waals surface area contributed by atoms with E-state index in [1.807, 2.05) is 0 Å². The van der Waals surface area contributed by atoms with E-state index in [2.05, 4.69) is 4.98 Å². The summed E-state index contributed by atoms with van der Waals surface area (Å²) in [5, 5.41) is 0. The number of nitrogens with zero attached hydrogens (tertiary/aromatic N) is 1. The van der Waals surface area contributed by atoms with Gasteiger partial charge in [0.05, 0.1) is 12.8 Å². The summed E-state index contributed by atoms with van der Waals surface area (Å²) in [6.07, 6.45) is -2.05. The lowest BCUT2D eigenvalue weighted by atomic mass is 10.2. The number of nitrogens with one attached hydrogen (secondary N) is 1. The molecule has 0 saturated heterocycles. The van der Waals surface area contributed by atoms with Gasteiger partial charge in [0.2, 0.25) is 5.56 Å². The number of rotatable bonds is 4. The Morgan fingerprint density at radius 3 is 2.67 bits per heavy atom. The van der Waals surface area contributed by atoms with Gasteiger partial charge < -0.3 is 14.3 Å². The fourth-order valence-electron chi connectivity index (χ4n) is 1.77. The van der Waals surface area contributed by atoms with E-state index in [0.29, 0.717) is 4.90 Å². The Morgan fingerprint density at radius 2 is 2.10 bits per heavy atom. The van der Waals surface area contributed by atoms with E-state index in [0.717, 1.165) is 6.07 Å². The molecule has 0 aliphatic rings. The zero-order valence-corrected chi connectivity index (χ0v) is 10.7. The van der Waals surface area contributed by atoms with Crippen LogP contribution in [0.3, 0.4) is 0 Å². The van der Waals surface area contributed by atoms with Crippen LogP contribution in [0.5, 0.6) is 0 Å². The van der Waals surface area contributed by atoms with Crippen LogP contribution < -0.4 is 5.56 Å². The molecule has 2 aromatic heterocycles. The number of pyridine rings is 1. The van der Waals surface area contributed by atoms with Gasteiger partial charge in [-0.05, 0) is 18.2 Å². The highest BCUT2D eigenvalue weighted by atomic mass is 19.4. The Kier molecular flexibility index (Phi) is 4.15. The fraction of sp³-hybridized carbons (Fsp3) is 0.231. The van der Waals surface area contributed by atoms with Gasteiger partial charge in [-0.1, -0.05) is 0 Å². The van der Waals surface area contributed by atoms with Gasteiger partial charge in [0, 0.05) is 17.8 Å². The maximum absolute atomic E-state index is 12.6. The lowest BCUT2D eigenvalue weighted by molar-refractivity contribution is -0.142. The highest BCUT2D eigenvalue weighted by molar-refractivity contribution is 5.94. The molecule has 112 valence electrons. The molecule has 21 heavy (non-hydrogen) atoms. The average Bonchev–Trinajstić information content (AvgIpc) is 2.88. The fourth-order valence-corrected chi connectivity index (χ4v) is 1.77. The number of hydrogen-bond acceptors (Lipinski definition) is 3. The third kappa shape index (κ3) is 4.23. The van der Waals surface area contributed by atoms with Crippen LogP contribution in [0.2, 0.25) is 0 Å². The lowest BCUT2D eigenvalue weighted by Gasteiger charge is -2.23. The summed E-state index contributed by atoms with van der Waals surface area (Å²) in [7, 11) is 0. The maximum atomic E-state index is 12.6. The van der Waals surface area contributed by atoms with Gasteiger partial charge in [-0.25, -0.2) is 0 Å². The quantitative estimate of drug-likeness (QED) is 0.941. The molecule has 0 aromatic carbocycles. The molecular weight excluding hydrogens is 289 g/mol. The van der Waals surface area contributed by atoms with Gasteiger partial charge in [-0.15, -0.1) is 0 Å². The Balaban J connectivity index is 2.25. The average molecular weight is 300 g/mol. The van der Waals surface area contributed by atoms with Crippen molar-refractivity contribution in [3.63, 3.8) is 0 Å². The maximum Gasteiger partial charge on any atom is 0.406 e. The van der Waals surface area contributed by atoms with Crippen molar-refractivity contribution in [1.82, 2.24) is 9.88 Å². The van der Waals surface area contributed by atoms with E-state index in [9.17, 15) is 22.8 Å². The summed E-state index contributed by atoms with van der Waals surface area (Å²) in [5.41, 5.74) is -0.680. The predicted octanol–water partition coefficient (Wildman–Crippen LogP) is 2.17. The van der Waals surface area contributed by atoms with Crippen molar-refractivity contribution >= 4 is 5.91 Å². The van der Waals surface area contributed by atoms with Crippen LogP contribution in [-0.2, 0) is 6.54 Å². The first kappa shape index (κ1) is 14.9. The smallest absolute Gasteiger partial charge is 0.406 e. The first-order valence-electron chi connectivity index (χ1n) is 5.92. The number of halogens is 3. The number of carbonyl (C=O) groups is 1. The zero-order chi connectivity index (χ0) is 15.5. The van der Waals surface area contributed by atoms with Crippen molar-refractivity contribution in [2.75, 3.05) is 6.54 Å². The molecule has 0 radical (unpaired) electrons. The van der Waals surface area contributed by atoms with Crippen LogP contribution in [0.4, 0.5) is 13.2 Å². The van der Waals surface area contributed by atoms with Gasteiger partial charge in [-0.3, -0.25) is 9.59 Å². The molecule has 8 heteroatoms. The van der Waals surface area contributed by atoms with E-state index in [1.165, 1.54) is 30.7 Å². The molecule has 5 nitrogen and oxygen atoms in total. The monoisotopic (exact) mass is 300 g/mol. The molecule has 0 aliphatic heterocycles. The minimum Gasteiger partial charge on any atom is -0.467 e. The highest BCUT2D eigenvalue weighted by Gasteiger charge is 2.33. The summed E-state index contributed by atoms with van der Waals surface area (Å²) < 4.78 is 42.8. The van der Waals surface area contributed by atoms with E-state index in [4.69, 9.17) is 4.42 Å². The predicted molar refractivity (Wildman–Crippen MR) is 66.6 cm³/mol. The van der Waals surface area contributed by atoms with Crippen LogP contribution in [0.25, 0.3) is 0 Å². The number of hydrogen-bond donors (Lipinski definition) is 1. The van der Waals surface area contributed by atoms with Crippen LogP contribution in [0.15, 0.2) is 45.9 Å². The van der Waals surface area contributed by atoms with Crippen LogP contribution in [0.1, 0.15) is 16.1 Å². The minimum absolute atomic E-state index is 0.116. The number of aromatic amines is 1. The van der Waals surface area contributed by atoms with Crippen molar-refractivity contribution in [2.24, 2.45) is 0 Å². The van der Waals surface area contributed by atoms with Crippen molar-refractivity contribution < 1.29 is 22.4 Å².